The molecular formula is C15H15FN2O3. The van der Waals surface area contributed by atoms with Gasteiger partial charge in [-0.25, -0.2) is 4.39 Å². The fraction of sp³-hybridized carbons (Fsp3) is 0.133. The highest BCUT2D eigenvalue weighted by atomic mass is 19.1. The van der Waals surface area contributed by atoms with Gasteiger partial charge in [0, 0.05) is 11.8 Å². The summed E-state index contributed by atoms with van der Waals surface area (Å²) in [6.07, 6.45) is 0. The van der Waals surface area contributed by atoms with Crippen LogP contribution in [-0.2, 0) is 0 Å². The minimum atomic E-state index is -0.601. The molecule has 0 fully saturated rings. The van der Waals surface area contributed by atoms with Crippen molar-refractivity contribution >= 4 is 11.6 Å². The number of anilines is 1. The molecule has 1 amide bonds. The number of halogens is 1. The second kappa shape index (κ2) is 6.60. The van der Waals surface area contributed by atoms with Gasteiger partial charge in [0.15, 0.2) is 0 Å². The topological polar surface area (TPSA) is 84.6 Å². The molecule has 0 aliphatic rings. The Labute approximate surface area is 121 Å². The lowest BCUT2D eigenvalue weighted by Crippen LogP contribution is -2.28. The summed E-state index contributed by atoms with van der Waals surface area (Å²) in [6.45, 7) is 0.512. The number of nitrogens with two attached hydrogens (primary N) is 1. The van der Waals surface area contributed by atoms with Crippen molar-refractivity contribution in [3.8, 4) is 11.5 Å². The number of nitrogen functional groups attached to an aromatic ring is 1. The van der Waals surface area contributed by atoms with Gasteiger partial charge in [0.1, 0.15) is 23.9 Å². The van der Waals surface area contributed by atoms with Crippen LogP contribution in [0.1, 0.15) is 10.4 Å². The summed E-state index contributed by atoms with van der Waals surface area (Å²) in [4.78, 5) is 11.8. The molecule has 0 bridgehead atoms. The lowest BCUT2D eigenvalue weighted by molar-refractivity contribution is 0.0944. The highest BCUT2D eigenvalue weighted by molar-refractivity contribution is 5.96. The number of rotatable bonds is 5. The third-order valence-corrected chi connectivity index (χ3v) is 2.74. The van der Waals surface area contributed by atoms with Gasteiger partial charge < -0.3 is 20.9 Å². The zero-order chi connectivity index (χ0) is 15.2. The third kappa shape index (κ3) is 4.10. The van der Waals surface area contributed by atoms with E-state index in [4.69, 9.17) is 10.5 Å². The first-order valence-corrected chi connectivity index (χ1v) is 6.31. The smallest absolute Gasteiger partial charge is 0.255 e. The molecule has 0 aliphatic heterocycles. The van der Waals surface area contributed by atoms with Gasteiger partial charge in [-0.2, -0.15) is 0 Å². The quantitative estimate of drug-likeness (QED) is 0.580. The van der Waals surface area contributed by atoms with Crippen molar-refractivity contribution < 1.29 is 19.0 Å². The standard InChI is InChI=1S/C15H15FN2O3/c16-10-1-6-13(14(19)9-10)15(20)18-7-8-21-12-4-2-11(17)3-5-12/h1-6,9,19H,7-8,17H2,(H,18,20). The first-order chi connectivity index (χ1) is 10.1. The number of nitrogens with one attached hydrogen (secondary N) is 1. The van der Waals surface area contributed by atoms with Gasteiger partial charge in [-0.05, 0) is 36.4 Å². The zero-order valence-corrected chi connectivity index (χ0v) is 11.2. The molecule has 5 nitrogen and oxygen atoms in total. The molecule has 0 heterocycles. The molecule has 0 saturated heterocycles. The summed E-state index contributed by atoms with van der Waals surface area (Å²) in [6, 6.07) is 10.1. The first-order valence-electron chi connectivity index (χ1n) is 6.31. The van der Waals surface area contributed by atoms with Crippen LogP contribution in [0, 0.1) is 5.82 Å². The molecule has 0 aliphatic carbocycles. The van der Waals surface area contributed by atoms with Crippen LogP contribution in [0.4, 0.5) is 10.1 Å². The molecule has 0 spiro atoms. The van der Waals surface area contributed by atoms with Gasteiger partial charge in [0.05, 0.1) is 12.1 Å². The maximum Gasteiger partial charge on any atom is 0.255 e. The van der Waals surface area contributed by atoms with E-state index in [0.717, 1.165) is 12.1 Å². The SMILES string of the molecule is Nc1ccc(OCCNC(=O)c2ccc(F)cc2O)cc1. The third-order valence-electron chi connectivity index (χ3n) is 2.74. The molecule has 110 valence electrons. The van der Waals surface area contributed by atoms with E-state index >= 15 is 0 Å². The van der Waals surface area contributed by atoms with Crippen LogP contribution >= 0.6 is 0 Å². The van der Waals surface area contributed by atoms with Crippen molar-refractivity contribution in [2.24, 2.45) is 0 Å². The van der Waals surface area contributed by atoms with Gasteiger partial charge in [0.2, 0.25) is 0 Å². The minimum absolute atomic E-state index is 0.0175. The molecule has 2 rings (SSSR count). The Balaban J connectivity index is 1.80. The molecule has 6 heteroatoms. The highest BCUT2D eigenvalue weighted by Crippen LogP contribution is 2.17. The minimum Gasteiger partial charge on any atom is -0.507 e. The number of phenols is 1. The number of carbonyl (C=O) groups is 1. The molecule has 0 radical (unpaired) electrons. The van der Waals surface area contributed by atoms with Gasteiger partial charge in [-0.3, -0.25) is 4.79 Å². The Morgan fingerprint density at radius 3 is 2.62 bits per heavy atom. The summed E-state index contributed by atoms with van der Waals surface area (Å²) in [7, 11) is 0. The van der Waals surface area contributed by atoms with Gasteiger partial charge in [0.25, 0.3) is 5.91 Å². The highest BCUT2D eigenvalue weighted by Gasteiger charge is 2.11. The van der Waals surface area contributed by atoms with Crippen molar-refractivity contribution in [1.82, 2.24) is 5.32 Å². The Morgan fingerprint density at radius 2 is 1.95 bits per heavy atom. The number of ether oxygens (including phenoxy) is 1. The second-order valence-electron chi connectivity index (χ2n) is 4.33. The predicted molar refractivity (Wildman–Crippen MR) is 76.7 cm³/mol. The molecule has 0 aromatic heterocycles. The van der Waals surface area contributed by atoms with E-state index in [2.05, 4.69) is 5.32 Å². The number of aromatic hydroxyl groups is 1. The Kier molecular flexibility index (Phi) is 4.61. The van der Waals surface area contributed by atoms with Crippen molar-refractivity contribution in [3.05, 3.63) is 53.8 Å². The maximum absolute atomic E-state index is 12.8. The van der Waals surface area contributed by atoms with Crippen molar-refractivity contribution in [3.63, 3.8) is 0 Å². The fourth-order valence-electron chi connectivity index (χ4n) is 1.69. The van der Waals surface area contributed by atoms with Crippen molar-refractivity contribution in [1.29, 1.82) is 0 Å². The lowest BCUT2D eigenvalue weighted by atomic mass is 10.2. The van der Waals surface area contributed by atoms with E-state index in [1.54, 1.807) is 24.3 Å². The van der Waals surface area contributed by atoms with Crippen LogP contribution in [0.3, 0.4) is 0 Å². The van der Waals surface area contributed by atoms with Crippen molar-refractivity contribution in [2.75, 3.05) is 18.9 Å². The first kappa shape index (κ1) is 14.6. The number of amides is 1. The molecule has 0 unspecified atom stereocenters. The van der Waals surface area contributed by atoms with Gasteiger partial charge in [-0.1, -0.05) is 0 Å². The molecule has 0 atom stereocenters. The normalized spacial score (nSPS) is 10.1. The summed E-state index contributed by atoms with van der Waals surface area (Å²) in [5, 5.41) is 12.0. The van der Waals surface area contributed by atoms with E-state index in [9.17, 15) is 14.3 Å². The lowest BCUT2D eigenvalue weighted by Gasteiger charge is -2.09. The monoisotopic (exact) mass is 290 g/mol. The molecule has 2 aromatic rings. The predicted octanol–water partition coefficient (Wildman–Crippen LogP) is 1.92. The van der Waals surface area contributed by atoms with E-state index in [0.29, 0.717) is 11.4 Å². The van der Waals surface area contributed by atoms with Crippen LogP contribution in [0.15, 0.2) is 42.5 Å². The van der Waals surface area contributed by atoms with Gasteiger partial charge >= 0.3 is 0 Å². The average Bonchev–Trinajstić information content (AvgIpc) is 2.45. The molecule has 2 aromatic carbocycles. The summed E-state index contributed by atoms with van der Waals surface area (Å²) < 4.78 is 18.2. The Bertz CT molecular complexity index is 629. The van der Waals surface area contributed by atoms with Crippen LogP contribution in [-0.4, -0.2) is 24.2 Å². The van der Waals surface area contributed by atoms with Crippen LogP contribution in [0.5, 0.6) is 11.5 Å². The molecule has 0 saturated carbocycles. The molecule has 21 heavy (non-hydrogen) atoms. The number of phenolic OH excluding ortho intramolecular Hbond substituents is 1. The Hall–Kier alpha value is -2.76. The number of carbonyl (C=O) groups excluding carboxylic acids is 1. The largest absolute Gasteiger partial charge is 0.507 e. The maximum atomic E-state index is 12.8. The summed E-state index contributed by atoms with van der Waals surface area (Å²) >= 11 is 0. The number of hydrogen-bond acceptors (Lipinski definition) is 4. The Morgan fingerprint density at radius 1 is 1.24 bits per heavy atom. The van der Waals surface area contributed by atoms with E-state index in [1.165, 1.54) is 6.07 Å². The number of hydrogen-bond donors (Lipinski definition) is 3. The summed E-state index contributed by atoms with van der Waals surface area (Å²) in [5.41, 5.74) is 6.21. The second-order valence-corrected chi connectivity index (χ2v) is 4.33. The fourth-order valence-corrected chi connectivity index (χ4v) is 1.69. The average molecular weight is 290 g/mol. The van der Waals surface area contributed by atoms with E-state index in [1.807, 2.05) is 0 Å². The zero-order valence-electron chi connectivity index (χ0n) is 11.2. The summed E-state index contributed by atoms with van der Waals surface area (Å²) in [5.74, 6) is -0.848. The van der Waals surface area contributed by atoms with Gasteiger partial charge in [-0.15, -0.1) is 0 Å². The van der Waals surface area contributed by atoms with Crippen LogP contribution in [0.2, 0.25) is 0 Å². The van der Waals surface area contributed by atoms with E-state index < -0.39 is 17.5 Å². The van der Waals surface area contributed by atoms with E-state index in [-0.39, 0.29) is 18.7 Å². The molecular weight excluding hydrogens is 275 g/mol. The number of benzene rings is 2. The molecule has 4 N–H and O–H groups in total. The van der Waals surface area contributed by atoms with Crippen LogP contribution in [0.25, 0.3) is 0 Å². The van der Waals surface area contributed by atoms with Crippen LogP contribution < -0.4 is 15.8 Å². The van der Waals surface area contributed by atoms with Crippen molar-refractivity contribution in [2.45, 2.75) is 0 Å².